The number of phenolic OH excluding ortho intramolecular Hbond substituents is 1. The van der Waals surface area contributed by atoms with Gasteiger partial charge in [-0.15, -0.1) is 11.8 Å². The Morgan fingerprint density at radius 3 is 2.24 bits per heavy atom. The molecule has 0 saturated heterocycles. The summed E-state index contributed by atoms with van der Waals surface area (Å²) in [5.41, 5.74) is 0.771. The Morgan fingerprint density at radius 2 is 1.64 bits per heavy atom. The molecule has 0 unspecified atom stereocenters. The molecule has 178 valence electrons. The third-order valence-electron chi connectivity index (χ3n) is 5.17. The number of hydrogen-bond acceptors (Lipinski definition) is 6. The van der Waals surface area contributed by atoms with Crippen LogP contribution in [-0.2, 0) is 14.4 Å². The predicted octanol–water partition coefficient (Wildman–Crippen LogP) is 3.49. The number of nitrogens with one attached hydrogen (secondary N) is 1. The van der Waals surface area contributed by atoms with E-state index in [1.54, 1.807) is 19.2 Å². The van der Waals surface area contributed by atoms with E-state index in [1.165, 1.54) is 28.8 Å². The topological polar surface area (TPSA) is 110 Å². The third-order valence-corrected chi connectivity index (χ3v) is 6.15. The maximum Gasteiger partial charge on any atom is 0.247 e. The van der Waals surface area contributed by atoms with Crippen LogP contribution in [0.5, 0.6) is 5.75 Å². The minimum atomic E-state index is -0.632. The molecular weight excluding hydrogens is 442 g/mol. The zero-order chi connectivity index (χ0) is 24.4. The van der Waals surface area contributed by atoms with E-state index >= 15 is 0 Å². The summed E-state index contributed by atoms with van der Waals surface area (Å²) in [7, 11) is 1.68. The van der Waals surface area contributed by atoms with Crippen molar-refractivity contribution in [3.8, 4) is 5.75 Å². The molecule has 9 heteroatoms. The molecule has 3 amide bonds. The fraction of sp³-hybridized carbons (Fsp3) is 0.375. The number of benzene rings is 2. The van der Waals surface area contributed by atoms with Crippen molar-refractivity contribution in [3.05, 3.63) is 54.6 Å². The van der Waals surface area contributed by atoms with Crippen molar-refractivity contribution >= 4 is 35.2 Å². The number of amides is 3. The molecule has 1 atom stereocenters. The molecule has 33 heavy (non-hydrogen) atoms. The first kappa shape index (κ1) is 26.2. The highest BCUT2D eigenvalue weighted by Crippen LogP contribution is 2.23. The minimum absolute atomic E-state index is 0.00361. The van der Waals surface area contributed by atoms with Crippen LogP contribution in [0.3, 0.4) is 0 Å². The SMILES string of the molecule is CC(C)[C@@H](CC(=O)N(O)CSc1ccc(O)cc1)C(=O)NCCC(=O)N(C)c1ccccc1. The number of carbonyl (C=O) groups excluding carboxylic acids is 3. The predicted molar refractivity (Wildman–Crippen MR) is 128 cm³/mol. The number of nitrogens with zero attached hydrogens (tertiary/aromatic N) is 2. The summed E-state index contributed by atoms with van der Waals surface area (Å²) in [5.74, 6) is -1.65. The second-order valence-corrected chi connectivity index (χ2v) is 8.96. The molecule has 3 N–H and O–H groups in total. The molecule has 0 saturated carbocycles. The standard InChI is InChI=1S/C24H31N3O5S/c1-17(2)21(15-23(30)27(32)16-33-20-11-9-19(28)10-12-20)24(31)25-14-13-22(29)26(3)18-7-5-4-6-8-18/h4-12,17,21,28,32H,13-16H2,1-3H3,(H,25,31)/t21-/m1/s1. The number of anilines is 1. The van der Waals surface area contributed by atoms with Crippen molar-refractivity contribution in [2.24, 2.45) is 11.8 Å². The lowest BCUT2D eigenvalue weighted by Crippen LogP contribution is -2.39. The second-order valence-electron chi connectivity index (χ2n) is 7.94. The van der Waals surface area contributed by atoms with Gasteiger partial charge in [-0.1, -0.05) is 32.0 Å². The van der Waals surface area contributed by atoms with E-state index in [9.17, 15) is 24.7 Å². The van der Waals surface area contributed by atoms with Gasteiger partial charge < -0.3 is 15.3 Å². The molecule has 2 aromatic carbocycles. The summed E-state index contributed by atoms with van der Waals surface area (Å²) in [6.07, 6.45) is -0.0146. The highest BCUT2D eigenvalue weighted by molar-refractivity contribution is 7.99. The summed E-state index contributed by atoms with van der Waals surface area (Å²) >= 11 is 1.23. The van der Waals surface area contributed by atoms with Crippen LogP contribution >= 0.6 is 11.8 Å². The fourth-order valence-electron chi connectivity index (χ4n) is 3.06. The Bertz CT molecular complexity index is 921. The maximum atomic E-state index is 12.7. The number of para-hydroxylation sites is 1. The molecule has 0 radical (unpaired) electrons. The summed E-state index contributed by atoms with van der Waals surface area (Å²) in [5, 5.41) is 22.7. The molecule has 0 heterocycles. The number of thioether (sulfide) groups is 1. The van der Waals surface area contributed by atoms with Crippen LogP contribution in [0.25, 0.3) is 0 Å². The van der Waals surface area contributed by atoms with E-state index < -0.39 is 11.8 Å². The first-order valence-electron chi connectivity index (χ1n) is 10.7. The van der Waals surface area contributed by atoms with E-state index in [0.29, 0.717) is 5.06 Å². The summed E-state index contributed by atoms with van der Waals surface area (Å²) < 4.78 is 0. The average Bonchev–Trinajstić information content (AvgIpc) is 2.81. The number of hydroxylamine groups is 2. The monoisotopic (exact) mass is 473 g/mol. The van der Waals surface area contributed by atoms with E-state index in [2.05, 4.69) is 5.32 Å². The summed E-state index contributed by atoms with van der Waals surface area (Å²) in [6.45, 7) is 3.82. The minimum Gasteiger partial charge on any atom is -0.508 e. The maximum absolute atomic E-state index is 12.7. The number of rotatable bonds is 11. The molecule has 0 spiro atoms. The van der Waals surface area contributed by atoms with Gasteiger partial charge in [-0.3, -0.25) is 19.6 Å². The Morgan fingerprint density at radius 1 is 1.00 bits per heavy atom. The van der Waals surface area contributed by atoms with Crippen LogP contribution in [0, 0.1) is 11.8 Å². The van der Waals surface area contributed by atoms with Crippen molar-refractivity contribution in [1.82, 2.24) is 10.4 Å². The van der Waals surface area contributed by atoms with Crippen molar-refractivity contribution in [3.63, 3.8) is 0 Å². The van der Waals surface area contributed by atoms with E-state index in [-0.39, 0.29) is 48.7 Å². The van der Waals surface area contributed by atoms with Gasteiger partial charge in [-0.05, 0) is 42.3 Å². The van der Waals surface area contributed by atoms with Gasteiger partial charge in [-0.2, -0.15) is 0 Å². The quantitative estimate of drug-likeness (QED) is 0.199. The summed E-state index contributed by atoms with van der Waals surface area (Å²) in [4.78, 5) is 39.8. The normalized spacial score (nSPS) is 11.7. The zero-order valence-electron chi connectivity index (χ0n) is 19.1. The first-order chi connectivity index (χ1) is 15.7. The van der Waals surface area contributed by atoms with Gasteiger partial charge in [0.25, 0.3) is 0 Å². The highest BCUT2D eigenvalue weighted by Gasteiger charge is 2.27. The molecule has 0 fully saturated rings. The van der Waals surface area contributed by atoms with Gasteiger partial charge in [0, 0.05) is 42.9 Å². The Hall–Kier alpha value is -3.04. The average molecular weight is 474 g/mol. The summed E-state index contributed by atoms with van der Waals surface area (Å²) in [6, 6.07) is 15.6. The Labute approximate surface area is 198 Å². The lowest BCUT2D eigenvalue weighted by atomic mass is 9.91. The molecule has 2 aromatic rings. The number of hydrogen-bond donors (Lipinski definition) is 3. The number of carbonyl (C=O) groups is 3. The third kappa shape index (κ3) is 8.43. The lowest BCUT2D eigenvalue weighted by molar-refractivity contribution is -0.163. The van der Waals surface area contributed by atoms with Crippen molar-refractivity contribution in [2.45, 2.75) is 31.6 Å². The molecule has 0 bridgehead atoms. The van der Waals surface area contributed by atoms with Crippen molar-refractivity contribution in [1.29, 1.82) is 0 Å². The van der Waals surface area contributed by atoms with Gasteiger partial charge in [0.05, 0.1) is 5.88 Å². The second kappa shape index (κ2) is 12.9. The lowest BCUT2D eigenvalue weighted by Gasteiger charge is -2.23. The number of phenols is 1. The molecule has 0 aromatic heterocycles. The highest BCUT2D eigenvalue weighted by atomic mass is 32.2. The molecule has 0 aliphatic heterocycles. The van der Waals surface area contributed by atoms with Crippen LogP contribution in [0.4, 0.5) is 5.69 Å². The van der Waals surface area contributed by atoms with Crippen LogP contribution in [-0.4, -0.2) is 52.6 Å². The zero-order valence-corrected chi connectivity index (χ0v) is 19.9. The molecule has 0 aliphatic rings. The van der Waals surface area contributed by atoms with Gasteiger partial charge in [0.15, 0.2) is 0 Å². The molecular formula is C24H31N3O5S. The Balaban J connectivity index is 1.81. The van der Waals surface area contributed by atoms with Crippen LogP contribution < -0.4 is 10.2 Å². The van der Waals surface area contributed by atoms with E-state index in [1.807, 2.05) is 44.2 Å². The van der Waals surface area contributed by atoms with E-state index in [0.717, 1.165) is 10.6 Å². The Kier molecular flexibility index (Phi) is 10.2. The van der Waals surface area contributed by atoms with Gasteiger partial charge in [0.2, 0.25) is 17.7 Å². The van der Waals surface area contributed by atoms with Crippen LogP contribution in [0.15, 0.2) is 59.5 Å². The van der Waals surface area contributed by atoms with Crippen molar-refractivity contribution in [2.75, 3.05) is 24.4 Å². The molecule has 0 aliphatic carbocycles. The first-order valence-corrected chi connectivity index (χ1v) is 11.7. The van der Waals surface area contributed by atoms with Crippen molar-refractivity contribution < 1.29 is 24.7 Å². The molecule has 2 rings (SSSR count). The fourth-order valence-corrected chi connectivity index (χ4v) is 3.81. The van der Waals surface area contributed by atoms with Gasteiger partial charge in [-0.25, -0.2) is 5.06 Å². The molecule has 8 nitrogen and oxygen atoms in total. The number of aromatic hydroxyl groups is 1. The van der Waals surface area contributed by atoms with Crippen LogP contribution in [0.1, 0.15) is 26.7 Å². The van der Waals surface area contributed by atoms with Crippen LogP contribution in [0.2, 0.25) is 0 Å². The van der Waals surface area contributed by atoms with Gasteiger partial charge >= 0.3 is 0 Å². The largest absolute Gasteiger partial charge is 0.508 e. The van der Waals surface area contributed by atoms with E-state index in [4.69, 9.17) is 0 Å². The smallest absolute Gasteiger partial charge is 0.247 e. The van der Waals surface area contributed by atoms with Gasteiger partial charge in [0.1, 0.15) is 5.75 Å².